The number of nitrogens with zero attached hydrogens (tertiary/aromatic N) is 1. The zero-order chi connectivity index (χ0) is 20.6. The minimum atomic E-state index is -0.438. The van der Waals surface area contributed by atoms with E-state index < -0.39 is 5.82 Å². The predicted molar refractivity (Wildman–Crippen MR) is 116 cm³/mol. The Morgan fingerprint density at radius 3 is 2.48 bits per heavy atom. The fourth-order valence-corrected chi connectivity index (χ4v) is 3.39. The maximum absolute atomic E-state index is 14.1. The van der Waals surface area contributed by atoms with Crippen molar-refractivity contribution in [2.75, 3.05) is 6.61 Å². The Hall–Kier alpha value is -3.10. The molecule has 3 rings (SSSR count). The second-order valence-corrected chi connectivity index (χ2v) is 7.04. The second kappa shape index (κ2) is 9.90. The predicted octanol–water partition coefficient (Wildman–Crippen LogP) is 6.63. The molecule has 0 heterocycles. The average molecular weight is 452 g/mol. The smallest absolute Gasteiger partial charge is 0.175 e. The van der Waals surface area contributed by atoms with Crippen LogP contribution in [0.5, 0.6) is 11.5 Å². The summed E-state index contributed by atoms with van der Waals surface area (Å²) in [7, 11) is 0. The van der Waals surface area contributed by atoms with E-state index in [0.717, 1.165) is 5.56 Å². The lowest BCUT2D eigenvalue weighted by molar-refractivity contribution is 0.267. The molecule has 146 valence electrons. The minimum Gasteiger partial charge on any atom is -0.490 e. The molecule has 0 amide bonds. The zero-order valence-electron chi connectivity index (χ0n) is 15.9. The Kier molecular flexibility index (Phi) is 7.04. The molecule has 0 aromatic heterocycles. The molecule has 3 nitrogen and oxygen atoms in total. The first-order chi connectivity index (χ1) is 14.1. The molecular formula is C24H19BrFNO2. The number of ether oxygens (including phenoxy) is 2. The Morgan fingerprint density at radius 1 is 1.07 bits per heavy atom. The van der Waals surface area contributed by atoms with E-state index >= 15 is 0 Å². The molecule has 0 fully saturated rings. The first-order valence-corrected chi connectivity index (χ1v) is 9.91. The zero-order valence-corrected chi connectivity index (χ0v) is 17.4. The summed E-state index contributed by atoms with van der Waals surface area (Å²) in [5, 5.41) is 9.52. The van der Waals surface area contributed by atoms with Crippen molar-refractivity contribution >= 4 is 27.6 Å². The average Bonchev–Trinajstić information content (AvgIpc) is 2.73. The number of benzene rings is 3. The lowest BCUT2D eigenvalue weighted by atomic mass is 10.0. The molecule has 0 saturated heterocycles. The van der Waals surface area contributed by atoms with Gasteiger partial charge in [0.05, 0.1) is 22.7 Å². The Morgan fingerprint density at radius 2 is 1.79 bits per heavy atom. The van der Waals surface area contributed by atoms with E-state index in [1.807, 2.05) is 43.3 Å². The van der Waals surface area contributed by atoms with Gasteiger partial charge in [-0.25, -0.2) is 4.39 Å². The van der Waals surface area contributed by atoms with Crippen LogP contribution in [0.4, 0.5) is 4.39 Å². The van der Waals surface area contributed by atoms with Gasteiger partial charge >= 0.3 is 0 Å². The van der Waals surface area contributed by atoms with Gasteiger partial charge in [-0.15, -0.1) is 0 Å². The molecule has 0 aliphatic carbocycles. The van der Waals surface area contributed by atoms with Crippen LogP contribution in [0.2, 0.25) is 0 Å². The van der Waals surface area contributed by atoms with Crippen molar-refractivity contribution in [1.29, 1.82) is 5.26 Å². The van der Waals surface area contributed by atoms with Gasteiger partial charge < -0.3 is 9.47 Å². The third kappa shape index (κ3) is 5.24. The van der Waals surface area contributed by atoms with Gasteiger partial charge in [0, 0.05) is 5.56 Å². The van der Waals surface area contributed by atoms with Gasteiger partial charge in [-0.05, 0) is 58.3 Å². The monoisotopic (exact) mass is 451 g/mol. The van der Waals surface area contributed by atoms with E-state index in [1.54, 1.807) is 30.3 Å². The summed E-state index contributed by atoms with van der Waals surface area (Å²) in [6.45, 7) is 2.74. The van der Waals surface area contributed by atoms with Gasteiger partial charge in [-0.2, -0.15) is 5.26 Å². The van der Waals surface area contributed by atoms with E-state index in [4.69, 9.17) is 9.47 Å². The molecule has 3 aromatic rings. The van der Waals surface area contributed by atoms with E-state index in [-0.39, 0.29) is 11.1 Å². The van der Waals surface area contributed by atoms with Crippen molar-refractivity contribution in [3.8, 4) is 17.6 Å². The molecule has 0 spiro atoms. The highest BCUT2D eigenvalue weighted by Gasteiger charge is 2.14. The maximum Gasteiger partial charge on any atom is 0.175 e. The summed E-state index contributed by atoms with van der Waals surface area (Å²) >= 11 is 3.53. The molecule has 0 saturated carbocycles. The van der Waals surface area contributed by atoms with Crippen molar-refractivity contribution in [1.82, 2.24) is 0 Å². The minimum absolute atomic E-state index is 0.232. The summed E-state index contributed by atoms with van der Waals surface area (Å²) in [5.74, 6) is 0.694. The van der Waals surface area contributed by atoms with Gasteiger partial charge in [0.2, 0.25) is 0 Å². The Balaban J connectivity index is 1.95. The van der Waals surface area contributed by atoms with Crippen molar-refractivity contribution in [3.05, 3.63) is 93.7 Å². The van der Waals surface area contributed by atoms with Crippen LogP contribution < -0.4 is 9.47 Å². The molecule has 0 radical (unpaired) electrons. The highest BCUT2D eigenvalue weighted by Crippen LogP contribution is 2.38. The molecule has 0 unspecified atom stereocenters. The van der Waals surface area contributed by atoms with Crippen LogP contribution in [0, 0.1) is 17.1 Å². The summed E-state index contributed by atoms with van der Waals surface area (Å²) in [6, 6.07) is 21.7. The number of halogens is 2. The number of rotatable bonds is 7. The number of hydrogen-bond acceptors (Lipinski definition) is 3. The molecule has 0 atom stereocenters. The van der Waals surface area contributed by atoms with Crippen molar-refractivity contribution in [2.24, 2.45) is 0 Å². The summed E-state index contributed by atoms with van der Waals surface area (Å²) in [5.41, 5.74) is 2.23. The third-order valence-corrected chi connectivity index (χ3v) is 4.74. The molecule has 0 bridgehead atoms. The fourth-order valence-electron chi connectivity index (χ4n) is 2.82. The van der Waals surface area contributed by atoms with Crippen LogP contribution in [-0.4, -0.2) is 6.61 Å². The van der Waals surface area contributed by atoms with Crippen LogP contribution in [0.1, 0.15) is 23.6 Å². The molecular weight excluding hydrogens is 433 g/mol. The van der Waals surface area contributed by atoms with Gasteiger partial charge in [-0.3, -0.25) is 0 Å². The molecule has 0 N–H and O–H groups in total. The molecule has 5 heteroatoms. The Bertz CT molecular complexity index is 1060. The van der Waals surface area contributed by atoms with Crippen molar-refractivity contribution < 1.29 is 13.9 Å². The molecule has 3 aromatic carbocycles. The van der Waals surface area contributed by atoms with E-state index in [0.29, 0.717) is 34.7 Å². The Labute approximate surface area is 178 Å². The number of allylic oxidation sites excluding steroid dienone is 1. The van der Waals surface area contributed by atoms with Crippen LogP contribution in [0.15, 0.2) is 71.2 Å². The molecule has 0 aliphatic rings. The normalized spacial score (nSPS) is 11.0. The highest BCUT2D eigenvalue weighted by molar-refractivity contribution is 9.10. The standard InChI is InChI=1S/C24H19BrFNO2/c1-2-28-23-14-18(12-19(15-27)20-10-6-7-11-22(20)26)13-21(25)24(23)29-16-17-8-4-3-5-9-17/h3-14H,2,16H2,1H3. The maximum atomic E-state index is 14.1. The SMILES string of the molecule is CCOc1cc(C=C(C#N)c2ccccc2F)cc(Br)c1OCc1ccccc1. The van der Waals surface area contributed by atoms with Gasteiger partial charge in [-0.1, -0.05) is 48.5 Å². The quantitative estimate of drug-likeness (QED) is 0.299. The van der Waals surface area contributed by atoms with Gasteiger partial charge in [0.1, 0.15) is 12.4 Å². The molecule has 0 aliphatic heterocycles. The molecule has 29 heavy (non-hydrogen) atoms. The van der Waals surface area contributed by atoms with E-state index in [2.05, 4.69) is 22.0 Å². The fraction of sp³-hybridized carbons (Fsp3) is 0.125. The van der Waals surface area contributed by atoms with Crippen molar-refractivity contribution in [3.63, 3.8) is 0 Å². The number of nitriles is 1. The largest absolute Gasteiger partial charge is 0.490 e. The van der Waals surface area contributed by atoms with Gasteiger partial charge in [0.15, 0.2) is 11.5 Å². The van der Waals surface area contributed by atoms with Crippen LogP contribution in [0.3, 0.4) is 0 Å². The summed E-state index contributed by atoms with van der Waals surface area (Å²) in [6.07, 6.45) is 1.63. The van der Waals surface area contributed by atoms with Crippen molar-refractivity contribution in [2.45, 2.75) is 13.5 Å². The first-order valence-electron chi connectivity index (χ1n) is 9.12. The van der Waals surface area contributed by atoms with Gasteiger partial charge in [0.25, 0.3) is 0 Å². The summed E-state index contributed by atoms with van der Waals surface area (Å²) < 4.78 is 26.5. The topological polar surface area (TPSA) is 42.2 Å². The van der Waals surface area contributed by atoms with E-state index in [1.165, 1.54) is 6.07 Å². The highest BCUT2D eigenvalue weighted by atomic mass is 79.9. The summed E-state index contributed by atoms with van der Waals surface area (Å²) in [4.78, 5) is 0. The second-order valence-electron chi connectivity index (χ2n) is 6.19. The van der Waals surface area contributed by atoms with Crippen LogP contribution in [0.25, 0.3) is 11.6 Å². The lowest BCUT2D eigenvalue weighted by Gasteiger charge is -2.15. The number of hydrogen-bond donors (Lipinski definition) is 0. The van der Waals surface area contributed by atoms with E-state index in [9.17, 15) is 9.65 Å². The first kappa shape index (κ1) is 20.6. The van der Waals surface area contributed by atoms with Crippen LogP contribution >= 0.6 is 15.9 Å². The van der Waals surface area contributed by atoms with Crippen LogP contribution in [-0.2, 0) is 6.61 Å². The third-order valence-electron chi connectivity index (χ3n) is 4.15. The lowest BCUT2D eigenvalue weighted by Crippen LogP contribution is -2.01.